The maximum absolute atomic E-state index is 13.6. The van der Waals surface area contributed by atoms with E-state index in [-0.39, 0.29) is 35.2 Å². The van der Waals surface area contributed by atoms with Crippen LogP contribution in [0.1, 0.15) is 41.6 Å². The first-order valence-electron chi connectivity index (χ1n) is 13.9. The number of H-pyrrole nitrogens is 1. The van der Waals surface area contributed by atoms with E-state index < -0.39 is 45.8 Å². The van der Waals surface area contributed by atoms with Crippen molar-refractivity contribution in [2.24, 2.45) is 0 Å². The lowest BCUT2D eigenvalue weighted by Gasteiger charge is -2.37. The van der Waals surface area contributed by atoms with Crippen molar-refractivity contribution in [3.8, 4) is 6.07 Å². The minimum absolute atomic E-state index is 0.00400. The number of nitrogens with zero attached hydrogens (tertiary/aromatic N) is 5. The summed E-state index contributed by atoms with van der Waals surface area (Å²) in [4.78, 5) is 36.3. The number of esters is 1. The summed E-state index contributed by atoms with van der Waals surface area (Å²) in [6, 6.07) is 10.2. The quantitative estimate of drug-likeness (QED) is 0.200. The summed E-state index contributed by atoms with van der Waals surface area (Å²) in [6.07, 6.45) is -3.10. The van der Waals surface area contributed by atoms with Crippen molar-refractivity contribution in [3.63, 3.8) is 0 Å². The minimum atomic E-state index is -4.65. The molecule has 3 aromatic rings. The second kappa shape index (κ2) is 14.2. The number of benzene rings is 2. The summed E-state index contributed by atoms with van der Waals surface area (Å²) in [5, 5.41) is 24.4. The highest BCUT2D eigenvalue weighted by molar-refractivity contribution is 7.90. The number of fused-ring (bicyclic) bond motifs is 1. The Morgan fingerprint density at radius 1 is 1.23 bits per heavy atom. The fourth-order valence-electron chi connectivity index (χ4n) is 5.45. The van der Waals surface area contributed by atoms with Gasteiger partial charge in [0.15, 0.2) is 0 Å². The number of quaternary nitrogens is 1. The number of ether oxygens (including phenoxy) is 1. The van der Waals surface area contributed by atoms with Gasteiger partial charge >= 0.3 is 17.8 Å². The topological polar surface area (TPSA) is 178 Å². The van der Waals surface area contributed by atoms with Gasteiger partial charge in [0.05, 0.1) is 56.3 Å². The number of aromatic amines is 1. The van der Waals surface area contributed by atoms with Gasteiger partial charge in [-0.15, -0.1) is 5.10 Å². The van der Waals surface area contributed by atoms with Gasteiger partial charge in [-0.05, 0) is 42.8 Å². The van der Waals surface area contributed by atoms with Gasteiger partial charge in [0.1, 0.15) is 22.4 Å². The van der Waals surface area contributed by atoms with Gasteiger partial charge < -0.3 is 19.1 Å². The van der Waals surface area contributed by atoms with E-state index in [1.165, 1.54) is 34.6 Å². The number of rotatable bonds is 9. The van der Waals surface area contributed by atoms with Crippen molar-refractivity contribution in [1.82, 2.24) is 14.8 Å². The summed E-state index contributed by atoms with van der Waals surface area (Å²) >= 11 is 0. The van der Waals surface area contributed by atoms with E-state index in [2.05, 4.69) is 16.3 Å². The molecule has 1 aliphatic rings. The Kier molecular flexibility index (Phi) is 11.0. The number of alkyl halides is 3. The number of halogens is 3. The van der Waals surface area contributed by atoms with Crippen LogP contribution >= 0.6 is 0 Å². The molecular weight excluding hydrogens is 645 g/mol. The highest BCUT2D eigenvalue weighted by atomic mass is 32.2. The Hall–Kier alpha value is -4.95. The predicted octanol–water partition coefficient (Wildman–Crippen LogP) is 2.03. The van der Waals surface area contributed by atoms with Gasteiger partial charge in [-0.25, -0.2) is 27.7 Å². The van der Waals surface area contributed by atoms with E-state index >= 15 is 0 Å². The van der Waals surface area contributed by atoms with Crippen LogP contribution in [0.5, 0.6) is 0 Å². The summed E-state index contributed by atoms with van der Waals surface area (Å²) in [6.45, 7) is 1.78. The Bertz CT molecular complexity index is 1890. The molecular formula is C30H33F3N6O7S. The largest absolute Gasteiger partial charge is 0.554 e. The van der Waals surface area contributed by atoms with Crippen LogP contribution in [0.2, 0.25) is 0 Å². The maximum atomic E-state index is 13.6. The lowest BCUT2D eigenvalue weighted by atomic mass is 9.89. The second-order valence-electron chi connectivity index (χ2n) is 11.4. The van der Waals surface area contributed by atoms with Gasteiger partial charge in [-0.1, -0.05) is 12.1 Å². The van der Waals surface area contributed by atoms with Crippen LogP contribution in [0.3, 0.4) is 0 Å². The zero-order valence-corrected chi connectivity index (χ0v) is 27.0. The molecule has 4 rings (SSSR count). The van der Waals surface area contributed by atoms with Crippen LogP contribution in [-0.4, -0.2) is 79.9 Å². The number of methoxy groups -OCH3 is 1. The Balaban J connectivity index is 0.00000192. The van der Waals surface area contributed by atoms with E-state index in [0.717, 1.165) is 25.5 Å². The normalized spacial score (nSPS) is 14.9. The highest BCUT2D eigenvalue weighted by Gasteiger charge is 2.41. The number of aromatic nitrogens is 3. The molecule has 0 saturated heterocycles. The van der Waals surface area contributed by atoms with E-state index in [1.807, 2.05) is 14.1 Å². The maximum Gasteiger partial charge on any atom is 0.416 e. The molecule has 0 amide bonds. The predicted molar refractivity (Wildman–Crippen MR) is 162 cm³/mol. The smallest absolute Gasteiger partial charge is 0.416 e. The molecule has 1 aliphatic heterocycles. The van der Waals surface area contributed by atoms with Crippen molar-refractivity contribution < 1.29 is 45.5 Å². The lowest BCUT2D eigenvalue weighted by Crippen LogP contribution is -2.42. The van der Waals surface area contributed by atoms with Gasteiger partial charge in [-0.3, -0.25) is 4.90 Å². The van der Waals surface area contributed by atoms with Crippen molar-refractivity contribution in [2.45, 2.75) is 32.1 Å². The molecule has 0 bridgehead atoms. The number of hydrogen-bond acceptors (Lipinski definition) is 10. The van der Waals surface area contributed by atoms with E-state index in [4.69, 9.17) is 14.6 Å². The number of nitriles is 1. The van der Waals surface area contributed by atoms with E-state index in [0.29, 0.717) is 34.1 Å². The molecule has 0 unspecified atom stereocenters. The first-order valence-corrected chi connectivity index (χ1v) is 16.0. The molecule has 252 valence electrons. The van der Waals surface area contributed by atoms with Crippen LogP contribution in [0.25, 0.3) is 0 Å². The summed E-state index contributed by atoms with van der Waals surface area (Å²) in [5.41, 5.74) is -0.0975. The molecule has 0 radical (unpaired) electrons. The van der Waals surface area contributed by atoms with Gasteiger partial charge in [0, 0.05) is 36.1 Å². The van der Waals surface area contributed by atoms with Crippen molar-refractivity contribution in [2.75, 3.05) is 44.7 Å². The zero-order chi connectivity index (χ0) is 35.3. The molecule has 0 aliphatic carbocycles. The monoisotopic (exact) mass is 678 g/mol. The van der Waals surface area contributed by atoms with Crippen molar-refractivity contribution in [3.05, 3.63) is 86.5 Å². The minimum Gasteiger partial charge on any atom is -0.554 e. The van der Waals surface area contributed by atoms with Crippen LogP contribution in [0.4, 0.5) is 24.8 Å². The summed E-state index contributed by atoms with van der Waals surface area (Å²) in [5.74, 6) is -0.877. The molecule has 2 aromatic carbocycles. The van der Waals surface area contributed by atoms with Crippen LogP contribution in [0.15, 0.2) is 58.5 Å². The molecule has 0 saturated carbocycles. The molecule has 0 fully saturated rings. The number of anilines is 2. The molecule has 1 aromatic heterocycles. The van der Waals surface area contributed by atoms with E-state index in [1.54, 1.807) is 12.1 Å². The van der Waals surface area contributed by atoms with Crippen molar-refractivity contribution in [1.29, 1.82) is 5.26 Å². The highest BCUT2D eigenvalue weighted by Crippen LogP contribution is 2.43. The Labute approximate surface area is 268 Å². The molecule has 1 atom stereocenters. The van der Waals surface area contributed by atoms with Crippen LogP contribution < -0.4 is 15.7 Å². The van der Waals surface area contributed by atoms with Crippen LogP contribution in [-0.2, 0) is 36.9 Å². The third kappa shape index (κ3) is 8.45. The number of sulfone groups is 1. The molecule has 1 N–H and O–H groups in total. The standard InChI is InChI=1S/C29H31F3N6O5S.CH2O2/c1-18-24(26(39)43-4)25(23-11-10-19(16-33)14-20(23)17-38(2,3)12-7-13-44(5,41)42)37-27(34-35-28(37)40)36(18)22-9-6-8-21(15-22)29(30,31)32;2-1-3/h6,8-11,14-15,25H,7,12-13,17H2,1-5H3;1H,(H,2,3)/t25-;/m1./s1. The van der Waals surface area contributed by atoms with Gasteiger partial charge in [0.25, 0.3) is 0 Å². The fourth-order valence-corrected chi connectivity index (χ4v) is 6.11. The number of carboxylic acid groups (broad SMARTS) is 1. The molecule has 47 heavy (non-hydrogen) atoms. The first kappa shape index (κ1) is 36.5. The van der Waals surface area contributed by atoms with Crippen LogP contribution in [0, 0.1) is 11.3 Å². The average Bonchev–Trinajstić information content (AvgIpc) is 3.35. The third-order valence-corrected chi connectivity index (χ3v) is 8.45. The molecule has 13 nitrogen and oxygen atoms in total. The molecule has 2 heterocycles. The summed E-state index contributed by atoms with van der Waals surface area (Å²) < 4.78 is 70.9. The molecule has 0 spiro atoms. The van der Waals surface area contributed by atoms with Gasteiger partial charge in [-0.2, -0.15) is 18.4 Å². The van der Waals surface area contributed by atoms with E-state index in [9.17, 15) is 36.4 Å². The number of nitrogens with one attached hydrogen (secondary N) is 1. The lowest BCUT2D eigenvalue weighted by molar-refractivity contribution is -0.903. The Morgan fingerprint density at radius 2 is 1.89 bits per heavy atom. The van der Waals surface area contributed by atoms with Gasteiger partial charge in [0.2, 0.25) is 5.95 Å². The third-order valence-electron chi connectivity index (χ3n) is 7.42. The zero-order valence-electron chi connectivity index (χ0n) is 26.2. The Morgan fingerprint density at radius 3 is 2.47 bits per heavy atom. The number of hydrogen-bond donors (Lipinski definition) is 1. The SMILES string of the molecule is COC(=O)C1=C(C)N(c2cccc(C(F)(F)F)c2)c2n[nH]c(=O)n2[C@@H]1c1ccc(C#N)cc1C[N+](C)(C)CCCS(C)(=O)=O.O=C[O-]. The first-order chi connectivity index (χ1) is 21.9. The summed E-state index contributed by atoms with van der Waals surface area (Å²) in [7, 11) is 1.75. The fraction of sp³-hybridized carbons (Fsp3) is 0.367. The number of carbonyl (C=O) groups excluding carboxylic acids is 2. The number of allylic oxidation sites excluding steroid dienone is 1. The molecule has 17 heteroatoms. The average molecular weight is 679 g/mol. The van der Waals surface area contributed by atoms with Crippen molar-refractivity contribution >= 4 is 33.9 Å². The number of carbonyl (C=O) groups is 2. The second-order valence-corrected chi connectivity index (χ2v) is 13.7.